The van der Waals surface area contributed by atoms with E-state index < -0.39 is 37.3 Å². The van der Waals surface area contributed by atoms with E-state index in [1.807, 2.05) is 0 Å². The molecule has 1 aliphatic heterocycles. The lowest BCUT2D eigenvalue weighted by molar-refractivity contribution is -0.277. The molecule has 1 fully saturated rings. The summed E-state index contributed by atoms with van der Waals surface area (Å²) >= 11 is 0. The molecule has 0 bridgehead atoms. The molecule has 1 aliphatic rings. The fourth-order valence-electron chi connectivity index (χ4n) is 2.11. The molecule has 0 radical (unpaired) electrons. The van der Waals surface area contributed by atoms with E-state index >= 15 is 0 Å². The molecule has 1 amide bonds. The highest BCUT2D eigenvalue weighted by Crippen LogP contribution is 2.25. The number of benzene rings is 1. The number of hydrogen-bond donors (Lipinski definition) is 5. The molecule has 23 heavy (non-hydrogen) atoms. The summed E-state index contributed by atoms with van der Waals surface area (Å²) in [5.41, 5.74) is 0.524. The van der Waals surface area contributed by atoms with Crippen molar-refractivity contribution < 1.29 is 34.7 Å². The van der Waals surface area contributed by atoms with E-state index in [1.54, 1.807) is 12.1 Å². The van der Waals surface area contributed by atoms with E-state index in [1.165, 1.54) is 12.1 Å². The molecule has 0 saturated carbocycles. The van der Waals surface area contributed by atoms with Gasteiger partial charge in [-0.15, -0.1) is 0 Å². The molecule has 0 unspecified atom stereocenters. The molecule has 1 aromatic carbocycles. The zero-order chi connectivity index (χ0) is 17.0. The molecule has 126 valence electrons. The number of nitrogens with one attached hydrogen (secondary N) is 1. The van der Waals surface area contributed by atoms with Gasteiger partial charge in [-0.25, -0.2) is 0 Å². The Hall–Kier alpha value is -1.97. The summed E-state index contributed by atoms with van der Waals surface area (Å²) in [4.78, 5) is 11.2. The van der Waals surface area contributed by atoms with Crippen molar-refractivity contribution in [2.24, 2.45) is 0 Å². The monoisotopic (exact) mass is 325 g/mol. The highest BCUT2D eigenvalue weighted by molar-refractivity contribution is 5.98. The number of aliphatic hydroxyl groups excluding tert-OH is 4. The van der Waals surface area contributed by atoms with Crippen LogP contribution in [0.5, 0.6) is 5.75 Å². The molecule has 0 aliphatic carbocycles. The molecule has 0 spiro atoms. The highest BCUT2D eigenvalue weighted by atomic mass is 16.7. The number of aliphatic hydroxyl groups is 4. The average molecular weight is 325 g/mol. The van der Waals surface area contributed by atoms with Crippen LogP contribution in [0.4, 0.5) is 5.69 Å². The third-order valence-corrected chi connectivity index (χ3v) is 3.41. The van der Waals surface area contributed by atoms with Crippen molar-refractivity contribution >= 4 is 11.6 Å². The predicted octanol–water partition coefficient (Wildman–Crippen LogP) is -1.01. The minimum Gasteiger partial charge on any atom is -0.462 e. The van der Waals surface area contributed by atoms with E-state index in [4.69, 9.17) is 14.6 Å². The average Bonchev–Trinajstić information content (AvgIpc) is 2.56. The number of anilines is 1. The van der Waals surface area contributed by atoms with Gasteiger partial charge in [0.1, 0.15) is 30.2 Å². The standard InChI is InChI=1S/C15H19NO7/c1-2-11(18)16-8-3-5-9(6-4-8)22-15-14(21)13(20)12(19)10(7-17)23-15/h2-6,10,12-15,17,19-21H,1,7H2,(H,16,18)/t10-,12+,13+,14-,15+/m1/s1. The Morgan fingerprint density at radius 2 is 1.87 bits per heavy atom. The van der Waals surface area contributed by atoms with Crippen LogP contribution in [0.3, 0.4) is 0 Å². The first kappa shape index (κ1) is 17.4. The Morgan fingerprint density at radius 1 is 1.22 bits per heavy atom. The fraction of sp³-hybridized carbons (Fsp3) is 0.400. The molecule has 0 aromatic heterocycles. The number of amides is 1. The molecule has 5 atom stereocenters. The molecule has 5 N–H and O–H groups in total. The Bertz CT molecular complexity index is 545. The Labute approximate surface area is 132 Å². The molecule has 8 heteroatoms. The van der Waals surface area contributed by atoms with Gasteiger partial charge in [0.05, 0.1) is 6.61 Å². The van der Waals surface area contributed by atoms with E-state index in [-0.39, 0.29) is 5.91 Å². The Balaban J connectivity index is 2.03. The van der Waals surface area contributed by atoms with Crippen LogP contribution in [-0.2, 0) is 9.53 Å². The van der Waals surface area contributed by atoms with Crippen LogP contribution < -0.4 is 10.1 Å². The SMILES string of the molecule is C=CC(=O)Nc1ccc(O[C@H]2O[C@H](CO)[C@H](O)[C@H](O)[C@H]2O)cc1. The van der Waals surface area contributed by atoms with Gasteiger partial charge in [0.25, 0.3) is 0 Å². The smallest absolute Gasteiger partial charge is 0.247 e. The first-order valence-corrected chi connectivity index (χ1v) is 6.97. The third kappa shape index (κ3) is 4.06. The number of ether oxygens (including phenoxy) is 2. The lowest BCUT2D eigenvalue weighted by atomic mass is 9.99. The number of carbonyl (C=O) groups is 1. The van der Waals surface area contributed by atoms with Gasteiger partial charge >= 0.3 is 0 Å². The van der Waals surface area contributed by atoms with Gasteiger partial charge in [-0.05, 0) is 30.3 Å². The van der Waals surface area contributed by atoms with Crippen molar-refractivity contribution in [2.45, 2.75) is 30.7 Å². The van der Waals surface area contributed by atoms with Crippen molar-refractivity contribution in [3.05, 3.63) is 36.9 Å². The molecular weight excluding hydrogens is 306 g/mol. The lowest BCUT2D eigenvalue weighted by Gasteiger charge is -2.39. The topological polar surface area (TPSA) is 128 Å². The van der Waals surface area contributed by atoms with E-state index in [0.717, 1.165) is 6.08 Å². The zero-order valence-electron chi connectivity index (χ0n) is 12.2. The van der Waals surface area contributed by atoms with Gasteiger partial charge in [-0.1, -0.05) is 6.58 Å². The van der Waals surface area contributed by atoms with Crippen molar-refractivity contribution in [1.29, 1.82) is 0 Å². The van der Waals surface area contributed by atoms with E-state index in [2.05, 4.69) is 11.9 Å². The Kier molecular flexibility index (Phi) is 5.69. The Morgan fingerprint density at radius 3 is 2.43 bits per heavy atom. The lowest BCUT2D eigenvalue weighted by Crippen LogP contribution is -2.60. The summed E-state index contributed by atoms with van der Waals surface area (Å²) in [6.45, 7) is 2.81. The van der Waals surface area contributed by atoms with Gasteiger partial charge in [-0.2, -0.15) is 0 Å². The first-order chi connectivity index (χ1) is 11.0. The van der Waals surface area contributed by atoms with Crippen molar-refractivity contribution in [3.8, 4) is 5.75 Å². The van der Waals surface area contributed by atoms with Crippen LogP contribution in [0.25, 0.3) is 0 Å². The number of hydrogen-bond acceptors (Lipinski definition) is 7. The maximum absolute atomic E-state index is 11.2. The second-order valence-corrected chi connectivity index (χ2v) is 5.03. The number of rotatable bonds is 5. The molecule has 1 aromatic rings. The molecular formula is C15H19NO7. The van der Waals surface area contributed by atoms with Crippen molar-refractivity contribution in [1.82, 2.24) is 0 Å². The van der Waals surface area contributed by atoms with Gasteiger partial charge in [-0.3, -0.25) is 4.79 Å². The largest absolute Gasteiger partial charge is 0.462 e. The van der Waals surface area contributed by atoms with Crippen molar-refractivity contribution in [2.75, 3.05) is 11.9 Å². The highest BCUT2D eigenvalue weighted by Gasteiger charge is 2.44. The van der Waals surface area contributed by atoms with Gasteiger partial charge in [0.15, 0.2) is 0 Å². The second-order valence-electron chi connectivity index (χ2n) is 5.03. The molecule has 1 saturated heterocycles. The summed E-state index contributed by atoms with van der Waals surface area (Å²) in [6, 6.07) is 6.20. The van der Waals surface area contributed by atoms with Crippen molar-refractivity contribution in [3.63, 3.8) is 0 Å². The minimum atomic E-state index is -1.50. The van der Waals surface area contributed by atoms with Crippen LogP contribution in [0, 0.1) is 0 Å². The van der Waals surface area contributed by atoms with Gasteiger partial charge in [0, 0.05) is 5.69 Å². The quantitative estimate of drug-likeness (QED) is 0.439. The summed E-state index contributed by atoms with van der Waals surface area (Å²) in [5.74, 6) is -0.0430. The van der Waals surface area contributed by atoms with Crippen LogP contribution in [0.2, 0.25) is 0 Å². The maximum Gasteiger partial charge on any atom is 0.247 e. The second kappa shape index (κ2) is 7.53. The van der Waals surface area contributed by atoms with Gasteiger partial charge < -0.3 is 35.2 Å². The fourth-order valence-corrected chi connectivity index (χ4v) is 2.11. The normalized spacial score (nSPS) is 30.5. The van der Waals surface area contributed by atoms with Crippen LogP contribution in [-0.4, -0.2) is 63.6 Å². The van der Waals surface area contributed by atoms with Gasteiger partial charge in [0.2, 0.25) is 12.2 Å². The minimum absolute atomic E-state index is 0.311. The molecule has 1 heterocycles. The summed E-state index contributed by atoms with van der Waals surface area (Å²) in [7, 11) is 0. The maximum atomic E-state index is 11.2. The summed E-state index contributed by atoms with van der Waals surface area (Å²) < 4.78 is 10.6. The number of carbonyl (C=O) groups excluding carboxylic acids is 1. The first-order valence-electron chi connectivity index (χ1n) is 6.97. The van der Waals surface area contributed by atoms with E-state index in [9.17, 15) is 20.1 Å². The zero-order valence-corrected chi connectivity index (χ0v) is 12.2. The predicted molar refractivity (Wildman–Crippen MR) is 79.7 cm³/mol. The van der Waals surface area contributed by atoms with Crippen LogP contribution in [0.15, 0.2) is 36.9 Å². The van der Waals surface area contributed by atoms with Crippen LogP contribution in [0.1, 0.15) is 0 Å². The van der Waals surface area contributed by atoms with Crippen LogP contribution >= 0.6 is 0 Å². The molecule has 8 nitrogen and oxygen atoms in total. The van der Waals surface area contributed by atoms with E-state index in [0.29, 0.717) is 11.4 Å². The molecule has 2 rings (SSSR count). The summed E-state index contributed by atoms with van der Waals surface area (Å²) in [6.07, 6.45) is -5.57. The summed E-state index contributed by atoms with van der Waals surface area (Å²) in [5, 5.41) is 40.9. The third-order valence-electron chi connectivity index (χ3n) is 3.41.